The molecule has 0 radical (unpaired) electrons. The first-order valence-electron chi connectivity index (χ1n) is 3.71. The summed E-state index contributed by atoms with van der Waals surface area (Å²) in [7, 11) is 0. The van der Waals surface area contributed by atoms with Crippen molar-refractivity contribution in [3.63, 3.8) is 0 Å². The number of ether oxygens (including phenoxy) is 1. The Morgan fingerprint density at radius 1 is 1.58 bits per heavy atom. The molecule has 0 aromatic heterocycles. The highest BCUT2D eigenvalue weighted by Gasteiger charge is 2.09. The van der Waals surface area contributed by atoms with Gasteiger partial charge in [-0.15, -0.1) is 11.8 Å². The van der Waals surface area contributed by atoms with Crippen molar-refractivity contribution in [2.75, 3.05) is 25.6 Å². The molecule has 0 aliphatic heterocycles. The van der Waals surface area contributed by atoms with Crippen molar-refractivity contribution in [3.05, 3.63) is 0 Å². The molecule has 0 amide bonds. The zero-order chi connectivity index (χ0) is 9.40. The Hall–Kier alpha value is -0.260. The van der Waals surface area contributed by atoms with E-state index in [0.29, 0.717) is 19.0 Å². The predicted molar refractivity (Wildman–Crippen MR) is 47.5 cm³/mol. The van der Waals surface area contributed by atoms with Crippen molar-refractivity contribution in [1.29, 1.82) is 0 Å². The number of aliphatic hydroxyl groups excluding tert-OH is 1. The number of aliphatic hydroxyl groups is 1. The highest BCUT2D eigenvalue weighted by atomic mass is 32.2. The van der Waals surface area contributed by atoms with Gasteiger partial charge in [-0.2, -0.15) is 0 Å². The van der Waals surface area contributed by atoms with E-state index >= 15 is 0 Å². The Labute approximate surface area is 75.9 Å². The Bertz CT molecular complexity index is 129. The van der Waals surface area contributed by atoms with Crippen LogP contribution in [0.15, 0.2) is 0 Å². The van der Waals surface area contributed by atoms with Crippen LogP contribution < -0.4 is 0 Å². The standard InChI is InChI=1S/C7H14O4S/c1-6(7(9)10)12-5-4-11-3-2-8/h6,8H,2-5H2,1H3,(H,9,10). The Morgan fingerprint density at radius 2 is 2.25 bits per heavy atom. The molecule has 5 heteroatoms. The predicted octanol–water partition coefficient (Wildman–Crippen LogP) is 0.202. The fourth-order valence-electron chi connectivity index (χ4n) is 0.522. The lowest BCUT2D eigenvalue weighted by atomic mass is 10.5. The zero-order valence-electron chi connectivity index (χ0n) is 7.02. The number of aliphatic carboxylic acids is 1. The zero-order valence-corrected chi connectivity index (χ0v) is 7.84. The topological polar surface area (TPSA) is 66.8 Å². The third-order valence-electron chi connectivity index (χ3n) is 1.18. The summed E-state index contributed by atoms with van der Waals surface area (Å²) in [5.41, 5.74) is 0. The fourth-order valence-corrected chi connectivity index (χ4v) is 1.23. The molecule has 0 saturated heterocycles. The second kappa shape index (κ2) is 7.39. The van der Waals surface area contributed by atoms with Crippen molar-refractivity contribution >= 4 is 17.7 Å². The molecule has 1 unspecified atom stereocenters. The number of carbonyl (C=O) groups is 1. The lowest BCUT2D eigenvalue weighted by molar-refractivity contribution is -0.136. The van der Waals surface area contributed by atoms with Gasteiger partial charge in [0.25, 0.3) is 0 Å². The molecule has 0 saturated carbocycles. The summed E-state index contributed by atoms with van der Waals surface area (Å²) in [6, 6.07) is 0. The average molecular weight is 194 g/mol. The van der Waals surface area contributed by atoms with Gasteiger partial charge < -0.3 is 14.9 Å². The molecule has 1 atom stereocenters. The highest BCUT2D eigenvalue weighted by molar-refractivity contribution is 8.00. The second-order valence-corrected chi connectivity index (χ2v) is 3.64. The summed E-state index contributed by atoms with van der Waals surface area (Å²) in [6.07, 6.45) is 0. The SMILES string of the molecule is CC(SCCOCCO)C(=O)O. The minimum Gasteiger partial charge on any atom is -0.480 e. The van der Waals surface area contributed by atoms with Crippen LogP contribution in [0.5, 0.6) is 0 Å². The van der Waals surface area contributed by atoms with E-state index in [1.54, 1.807) is 6.92 Å². The number of hydrogen-bond acceptors (Lipinski definition) is 4. The van der Waals surface area contributed by atoms with Crippen LogP contribution in [0, 0.1) is 0 Å². The molecular formula is C7H14O4S. The van der Waals surface area contributed by atoms with E-state index in [2.05, 4.69) is 0 Å². The number of thioether (sulfide) groups is 1. The summed E-state index contributed by atoms with van der Waals surface area (Å²) in [5.74, 6) is -0.157. The van der Waals surface area contributed by atoms with Crippen LogP contribution >= 0.6 is 11.8 Å². The Balaban J connectivity index is 3.14. The van der Waals surface area contributed by atoms with Crippen molar-refractivity contribution in [2.24, 2.45) is 0 Å². The molecular weight excluding hydrogens is 180 g/mol. The summed E-state index contributed by atoms with van der Waals surface area (Å²) in [6.45, 7) is 2.46. The molecule has 0 fully saturated rings. The van der Waals surface area contributed by atoms with E-state index in [1.165, 1.54) is 11.8 Å². The quantitative estimate of drug-likeness (QED) is 0.567. The molecule has 0 aliphatic rings. The lowest BCUT2D eigenvalue weighted by Crippen LogP contribution is -2.13. The maximum Gasteiger partial charge on any atom is 0.316 e. The molecule has 72 valence electrons. The number of carboxylic acid groups (broad SMARTS) is 1. The number of rotatable bonds is 7. The smallest absolute Gasteiger partial charge is 0.316 e. The minimum atomic E-state index is -0.804. The van der Waals surface area contributed by atoms with E-state index in [9.17, 15) is 4.79 Å². The van der Waals surface area contributed by atoms with Gasteiger partial charge in [0.1, 0.15) is 0 Å². The average Bonchev–Trinajstić information content (AvgIpc) is 2.03. The Morgan fingerprint density at radius 3 is 2.75 bits per heavy atom. The molecule has 0 bridgehead atoms. The summed E-state index contributed by atoms with van der Waals surface area (Å²) in [5, 5.41) is 16.4. The van der Waals surface area contributed by atoms with Gasteiger partial charge in [-0.1, -0.05) is 0 Å². The molecule has 0 aromatic carbocycles. The molecule has 0 rings (SSSR count). The largest absolute Gasteiger partial charge is 0.480 e. The van der Waals surface area contributed by atoms with Crippen LogP contribution in [0.1, 0.15) is 6.92 Å². The van der Waals surface area contributed by atoms with Gasteiger partial charge in [-0.05, 0) is 6.92 Å². The first-order chi connectivity index (χ1) is 5.68. The third-order valence-corrected chi connectivity index (χ3v) is 2.28. The normalized spacial score (nSPS) is 12.8. The summed E-state index contributed by atoms with van der Waals surface area (Å²) >= 11 is 1.33. The van der Waals surface area contributed by atoms with Crippen molar-refractivity contribution in [2.45, 2.75) is 12.2 Å². The molecule has 2 N–H and O–H groups in total. The highest BCUT2D eigenvalue weighted by Crippen LogP contribution is 2.09. The Kier molecular flexibility index (Phi) is 7.23. The first-order valence-corrected chi connectivity index (χ1v) is 4.76. The minimum absolute atomic E-state index is 0.0130. The van der Waals surface area contributed by atoms with E-state index in [-0.39, 0.29) is 11.9 Å². The summed E-state index contributed by atoms with van der Waals surface area (Å²) < 4.78 is 4.95. The second-order valence-electron chi connectivity index (χ2n) is 2.19. The van der Waals surface area contributed by atoms with Gasteiger partial charge in [0.05, 0.1) is 25.1 Å². The van der Waals surface area contributed by atoms with E-state index in [1.807, 2.05) is 0 Å². The molecule has 4 nitrogen and oxygen atoms in total. The maximum absolute atomic E-state index is 10.3. The molecule has 0 aromatic rings. The fraction of sp³-hybridized carbons (Fsp3) is 0.857. The number of carboxylic acids is 1. The van der Waals surface area contributed by atoms with Gasteiger partial charge in [0.2, 0.25) is 0 Å². The van der Waals surface area contributed by atoms with E-state index < -0.39 is 5.97 Å². The molecule has 12 heavy (non-hydrogen) atoms. The van der Waals surface area contributed by atoms with Crippen LogP contribution in [0.25, 0.3) is 0 Å². The van der Waals surface area contributed by atoms with Crippen LogP contribution in [0.4, 0.5) is 0 Å². The first kappa shape index (κ1) is 11.7. The van der Waals surface area contributed by atoms with Crippen molar-refractivity contribution in [3.8, 4) is 0 Å². The van der Waals surface area contributed by atoms with Gasteiger partial charge >= 0.3 is 5.97 Å². The van der Waals surface area contributed by atoms with Gasteiger partial charge in [-0.3, -0.25) is 4.79 Å². The van der Waals surface area contributed by atoms with Crippen LogP contribution in [-0.4, -0.2) is 47.0 Å². The van der Waals surface area contributed by atoms with Crippen molar-refractivity contribution in [1.82, 2.24) is 0 Å². The van der Waals surface area contributed by atoms with Gasteiger partial charge in [-0.25, -0.2) is 0 Å². The van der Waals surface area contributed by atoms with E-state index in [4.69, 9.17) is 14.9 Å². The lowest BCUT2D eigenvalue weighted by Gasteiger charge is -2.05. The van der Waals surface area contributed by atoms with Crippen LogP contribution in [0.3, 0.4) is 0 Å². The van der Waals surface area contributed by atoms with Gasteiger partial charge in [0.15, 0.2) is 0 Å². The summed E-state index contributed by atoms with van der Waals surface area (Å²) in [4.78, 5) is 10.3. The molecule has 0 aliphatic carbocycles. The monoisotopic (exact) mass is 194 g/mol. The van der Waals surface area contributed by atoms with Crippen LogP contribution in [0.2, 0.25) is 0 Å². The number of hydrogen-bond donors (Lipinski definition) is 2. The molecule has 0 heterocycles. The van der Waals surface area contributed by atoms with Crippen molar-refractivity contribution < 1.29 is 19.7 Å². The third kappa shape index (κ3) is 6.45. The molecule has 0 spiro atoms. The maximum atomic E-state index is 10.3. The van der Waals surface area contributed by atoms with E-state index in [0.717, 1.165) is 0 Å². The van der Waals surface area contributed by atoms with Gasteiger partial charge in [0, 0.05) is 5.75 Å². The van der Waals surface area contributed by atoms with Crippen LogP contribution in [-0.2, 0) is 9.53 Å².